The summed E-state index contributed by atoms with van der Waals surface area (Å²) in [5.41, 5.74) is 2.07. The molecule has 8 heteroatoms. The van der Waals surface area contributed by atoms with Crippen molar-refractivity contribution in [2.24, 2.45) is 0 Å². The Morgan fingerprint density at radius 2 is 2.30 bits per heavy atom. The molecule has 3 aromatic rings. The third-order valence-electron chi connectivity index (χ3n) is 4.73. The highest BCUT2D eigenvalue weighted by Gasteiger charge is 2.24. The molecule has 0 radical (unpaired) electrons. The lowest BCUT2D eigenvalue weighted by Gasteiger charge is -2.32. The Balaban J connectivity index is 1.67. The second-order valence-corrected chi connectivity index (χ2v) is 6.51. The van der Waals surface area contributed by atoms with Gasteiger partial charge in [-0.2, -0.15) is 0 Å². The largest absolute Gasteiger partial charge is 0.365 e. The van der Waals surface area contributed by atoms with Crippen LogP contribution in [0.4, 0.5) is 10.2 Å². The predicted octanol–water partition coefficient (Wildman–Crippen LogP) is 2.75. The number of halogens is 1. The zero-order chi connectivity index (χ0) is 18.8. The van der Waals surface area contributed by atoms with Crippen LogP contribution in [0.25, 0.3) is 22.2 Å². The van der Waals surface area contributed by atoms with Crippen LogP contribution >= 0.6 is 0 Å². The van der Waals surface area contributed by atoms with Crippen molar-refractivity contribution in [3.05, 3.63) is 49.5 Å². The third-order valence-corrected chi connectivity index (χ3v) is 4.73. The van der Waals surface area contributed by atoms with Crippen molar-refractivity contribution in [2.75, 3.05) is 18.4 Å². The van der Waals surface area contributed by atoms with Crippen LogP contribution in [0.5, 0.6) is 0 Å². The van der Waals surface area contributed by atoms with Gasteiger partial charge in [0.15, 0.2) is 0 Å². The number of H-pyrrole nitrogens is 1. The lowest BCUT2D eigenvalue weighted by Crippen LogP contribution is -2.44. The summed E-state index contributed by atoms with van der Waals surface area (Å²) in [6.45, 7) is 4.87. The van der Waals surface area contributed by atoms with Crippen molar-refractivity contribution in [1.82, 2.24) is 24.8 Å². The van der Waals surface area contributed by atoms with E-state index >= 15 is 0 Å². The van der Waals surface area contributed by atoms with E-state index in [0.29, 0.717) is 23.6 Å². The zero-order valence-corrected chi connectivity index (χ0v) is 14.7. The van der Waals surface area contributed by atoms with Crippen LogP contribution in [0.2, 0.25) is 0 Å². The van der Waals surface area contributed by atoms with Gasteiger partial charge in [0.1, 0.15) is 23.6 Å². The lowest BCUT2D eigenvalue weighted by atomic mass is 10.0. The van der Waals surface area contributed by atoms with Gasteiger partial charge in [0, 0.05) is 42.7 Å². The molecule has 0 saturated carbocycles. The van der Waals surface area contributed by atoms with Crippen LogP contribution in [0.1, 0.15) is 12.8 Å². The van der Waals surface area contributed by atoms with Crippen LogP contribution in [0.15, 0.2) is 43.6 Å². The number of pyridine rings is 1. The Kier molecular flexibility index (Phi) is 4.53. The summed E-state index contributed by atoms with van der Waals surface area (Å²) in [7, 11) is 0. The number of anilines is 1. The van der Waals surface area contributed by atoms with Gasteiger partial charge in [0.05, 0.1) is 11.6 Å². The van der Waals surface area contributed by atoms with Gasteiger partial charge < -0.3 is 15.2 Å². The van der Waals surface area contributed by atoms with Gasteiger partial charge in [0.25, 0.3) is 0 Å². The second kappa shape index (κ2) is 7.14. The maximum atomic E-state index is 13.6. The molecule has 1 fully saturated rings. The smallest absolute Gasteiger partial charge is 0.246 e. The summed E-state index contributed by atoms with van der Waals surface area (Å²) < 4.78 is 13.6. The van der Waals surface area contributed by atoms with Gasteiger partial charge in [-0.1, -0.05) is 6.58 Å². The fraction of sp³-hybridized carbons (Fsp3) is 0.263. The Hall–Kier alpha value is -3.29. The first kappa shape index (κ1) is 17.1. The van der Waals surface area contributed by atoms with Gasteiger partial charge in [-0.15, -0.1) is 0 Å². The number of fused-ring (bicyclic) bond motifs is 1. The van der Waals surface area contributed by atoms with Gasteiger partial charge in [0.2, 0.25) is 5.91 Å². The molecule has 4 rings (SSSR count). The lowest BCUT2D eigenvalue weighted by molar-refractivity contribution is -0.127. The molecule has 27 heavy (non-hydrogen) atoms. The second-order valence-electron chi connectivity index (χ2n) is 6.51. The molecule has 1 atom stereocenters. The normalized spacial score (nSPS) is 17.1. The molecule has 1 saturated heterocycles. The average molecular weight is 366 g/mol. The molecule has 0 spiro atoms. The standard InChI is InChI=1S/C19H19FN6O/c1-2-16(27)26-5-3-4-14(10-26)25-19-17-15(9-22-18(17)23-11-24-19)12-6-13(20)8-21-7-12/h2,6-9,11,14H,1,3-5,10H2,(H2,22,23,24,25)/t14-/m1/s1. The number of nitrogens with one attached hydrogen (secondary N) is 2. The number of carbonyl (C=O) groups excluding carboxylic acids is 1. The van der Waals surface area contributed by atoms with Crippen LogP contribution in [-0.4, -0.2) is 49.9 Å². The molecule has 0 bridgehead atoms. The number of hydrogen-bond acceptors (Lipinski definition) is 5. The molecule has 0 unspecified atom stereocenters. The Labute approximate surface area is 155 Å². The van der Waals surface area contributed by atoms with Crippen molar-refractivity contribution in [3.63, 3.8) is 0 Å². The molecule has 1 aliphatic rings. The summed E-state index contributed by atoms with van der Waals surface area (Å²) in [5.74, 6) is 0.181. The fourth-order valence-corrected chi connectivity index (χ4v) is 3.48. The first-order valence-electron chi connectivity index (χ1n) is 8.76. The molecular formula is C19H19FN6O. The maximum Gasteiger partial charge on any atom is 0.246 e. The highest BCUT2D eigenvalue weighted by Crippen LogP contribution is 2.32. The zero-order valence-electron chi connectivity index (χ0n) is 14.7. The van der Waals surface area contributed by atoms with E-state index in [-0.39, 0.29) is 11.9 Å². The highest BCUT2D eigenvalue weighted by molar-refractivity contribution is 6.00. The van der Waals surface area contributed by atoms with Gasteiger partial charge in [-0.05, 0) is 25.0 Å². The van der Waals surface area contributed by atoms with E-state index in [2.05, 4.69) is 31.8 Å². The number of hydrogen-bond donors (Lipinski definition) is 2. The van der Waals surface area contributed by atoms with Gasteiger partial charge >= 0.3 is 0 Å². The Morgan fingerprint density at radius 3 is 3.11 bits per heavy atom. The molecule has 0 aromatic carbocycles. The molecule has 138 valence electrons. The Morgan fingerprint density at radius 1 is 1.41 bits per heavy atom. The molecule has 3 aromatic heterocycles. The molecular weight excluding hydrogens is 347 g/mol. The molecule has 1 aliphatic heterocycles. The van der Waals surface area contributed by atoms with Crippen LogP contribution in [-0.2, 0) is 4.79 Å². The maximum absolute atomic E-state index is 13.6. The molecule has 0 aliphatic carbocycles. The van der Waals surface area contributed by atoms with Crippen LogP contribution in [0, 0.1) is 5.82 Å². The quantitative estimate of drug-likeness (QED) is 0.694. The molecule has 7 nitrogen and oxygen atoms in total. The number of carbonyl (C=O) groups is 1. The number of aromatic nitrogens is 4. The topological polar surface area (TPSA) is 86.8 Å². The Bertz CT molecular complexity index is 1000. The van der Waals surface area contributed by atoms with Gasteiger partial charge in [-0.3, -0.25) is 9.78 Å². The van der Waals surface area contributed by atoms with E-state index < -0.39 is 5.82 Å². The summed E-state index contributed by atoms with van der Waals surface area (Å²) in [6, 6.07) is 1.49. The SMILES string of the molecule is C=CC(=O)N1CCC[C@@H](Nc2ncnc3[nH]cc(-c4cncc(F)c4)c23)C1. The summed E-state index contributed by atoms with van der Waals surface area (Å²) >= 11 is 0. The molecule has 2 N–H and O–H groups in total. The van der Waals surface area contributed by atoms with Crippen molar-refractivity contribution < 1.29 is 9.18 Å². The summed E-state index contributed by atoms with van der Waals surface area (Å²) in [5, 5.41) is 4.21. The van der Waals surface area contributed by atoms with E-state index in [4.69, 9.17) is 0 Å². The minimum atomic E-state index is -0.404. The number of aromatic amines is 1. The highest BCUT2D eigenvalue weighted by atomic mass is 19.1. The van der Waals surface area contributed by atoms with E-state index in [1.807, 2.05) is 0 Å². The first-order chi connectivity index (χ1) is 13.2. The van der Waals surface area contributed by atoms with Crippen LogP contribution < -0.4 is 5.32 Å². The molecule has 1 amide bonds. The van der Waals surface area contributed by atoms with E-state index in [1.54, 1.807) is 17.3 Å². The van der Waals surface area contributed by atoms with Crippen LogP contribution in [0.3, 0.4) is 0 Å². The number of amides is 1. The number of rotatable bonds is 4. The van der Waals surface area contributed by atoms with Crippen molar-refractivity contribution in [2.45, 2.75) is 18.9 Å². The number of nitrogens with zero attached hydrogens (tertiary/aromatic N) is 4. The average Bonchev–Trinajstić information content (AvgIpc) is 3.13. The van der Waals surface area contributed by atoms with Crippen molar-refractivity contribution in [3.8, 4) is 11.1 Å². The first-order valence-corrected chi connectivity index (χ1v) is 8.76. The number of likely N-dealkylation sites (tertiary alicyclic amines) is 1. The van der Waals surface area contributed by atoms with Crippen molar-refractivity contribution >= 4 is 22.8 Å². The van der Waals surface area contributed by atoms with Crippen molar-refractivity contribution in [1.29, 1.82) is 0 Å². The summed E-state index contributed by atoms with van der Waals surface area (Å²) in [4.78, 5) is 29.4. The van der Waals surface area contributed by atoms with Gasteiger partial charge in [-0.25, -0.2) is 14.4 Å². The molecule has 4 heterocycles. The predicted molar refractivity (Wildman–Crippen MR) is 100 cm³/mol. The van der Waals surface area contributed by atoms with E-state index in [1.165, 1.54) is 24.7 Å². The monoisotopic (exact) mass is 366 g/mol. The van der Waals surface area contributed by atoms with E-state index in [9.17, 15) is 9.18 Å². The van der Waals surface area contributed by atoms with E-state index in [0.717, 1.165) is 30.3 Å². The minimum absolute atomic E-state index is 0.0640. The number of piperidine rings is 1. The summed E-state index contributed by atoms with van der Waals surface area (Å²) in [6.07, 6.45) is 9.19. The fourth-order valence-electron chi connectivity index (χ4n) is 3.48. The minimum Gasteiger partial charge on any atom is -0.365 e. The third kappa shape index (κ3) is 3.38.